The van der Waals surface area contributed by atoms with Crippen molar-refractivity contribution in [3.63, 3.8) is 0 Å². The van der Waals surface area contributed by atoms with Crippen molar-refractivity contribution in [2.45, 2.75) is 26.3 Å². The Bertz CT molecular complexity index is 74.0. The number of hydrogen-bond donors (Lipinski definition) is 2. The molecule has 0 fully saturated rings. The summed E-state index contributed by atoms with van der Waals surface area (Å²) in [5.74, 6) is 0.872. The summed E-state index contributed by atoms with van der Waals surface area (Å²) in [6.45, 7) is 4.57. The zero-order valence-electron chi connectivity index (χ0n) is 7.57. The van der Waals surface area contributed by atoms with Gasteiger partial charge in [-0.2, -0.15) is 0 Å². The second-order valence-electron chi connectivity index (χ2n) is 2.88. The van der Waals surface area contributed by atoms with Crippen molar-refractivity contribution in [1.82, 2.24) is 9.96 Å². The molecule has 0 aliphatic rings. The average molecular weight is 160 g/mol. The van der Waals surface area contributed by atoms with Crippen LogP contribution in [0, 0.1) is 5.92 Å². The summed E-state index contributed by atoms with van der Waals surface area (Å²) in [6, 6.07) is 1.35. The molecular weight excluding hydrogens is 140 g/mol. The van der Waals surface area contributed by atoms with E-state index < -0.39 is 9.12 Å². The van der Waals surface area contributed by atoms with Gasteiger partial charge in [0.25, 0.3) is 0 Å². The van der Waals surface area contributed by atoms with E-state index in [2.05, 4.69) is 37.9 Å². The first kappa shape index (κ1) is 10.1. The predicted octanol–water partition coefficient (Wildman–Crippen LogP) is 0.692. The number of rotatable bonds is 5. The summed E-state index contributed by atoms with van der Waals surface area (Å²) in [5.41, 5.74) is 0. The van der Waals surface area contributed by atoms with Crippen LogP contribution >= 0.6 is 0 Å². The fourth-order valence-corrected chi connectivity index (χ4v) is 2.85. The average Bonchev–Trinajstić information content (AvgIpc) is 1.99. The summed E-state index contributed by atoms with van der Waals surface area (Å²) in [7, 11) is 3.34. The van der Waals surface area contributed by atoms with Gasteiger partial charge in [-0.05, 0) is 26.1 Å². The van der Waals surface area contributed by atoms with Crippen LogP contribution in [0.25, 0.3) is 0 Å². The van der Waals surface area contributed by atoms with Crippen molar-refractivity contribution in [3.05, 3.63) is 0 Å². The van der Waals surface area contributed by atoms with Gasteiger partial charge < -0.3 is 9.96 Å². The standard InChI is InChI=1S/C7H20N2Si/c1-5-7(2)6-10(8-3)9-4/h7-10H,5-6H2,1-4H3. The van der Waals surface area contributed by atoms with Gasteiger partial charge in [-0.25, -0.2) is 0 Å². The van der Waals surface area contributed by atoms with Crippen LogP contribution in [0.15, 0.2) is 0 Å². The summed E-state index contributed by atoms with van der Waals surface area (Å²) < 4.78 is 0. The van der Waals surface area contributed by atoms with Gasteiger partial charge in [0.05, 0.1) is 0 Å². The normalized spacial score (nSPS) is 14.1. The highest BCUT2D eigenvalue weighted by atomic mass is 28.3. The molecule has 0 aromatic carbocycles. The van der Waals surface area contributed by atoms with E-state index in [0.717, 1.165) is 5.92 Å². The molecule has 0 saturated heterocycles. The second kappa shape index (κ2) is 5.89. The number of nitrogens with one attached hydrogen (secondary N) is 2. The van der Waals surface area contributed by atoms with Gasteiger partial charge in [-0.15, -0.1) is 0 Å². The van der Waals surface area contributed by atoms with E-state index in [0.29, 0.717) is 0 Å². The minimum atomic E-state index is -0.768. The van der Waals surface area contributed by atoms with Gasteiger partial charge >= 0.3 is 0 Å². The molecule has 0 radical (unpaired) electrons. The Hall–Kier alpha value is 0.137. The highest BCUT2D eigenvalue weighted by molar-refractivity contribution is 6.53. The lowest BCUT2D eigenvalue weighted by Crippen LogP contribution is -2.44. The van der Waals surface area contributed by atoms with E-state index in [1.165, 1.54) is 12.5 Å². The topological polar surface area (TPSA) is 24.1 Å². The predicted molar refractivity (Wildman–Crippen MR) is 49.5 cm³/mol. The lowest BCUT2D eigenvalue weighted by Gasteiger charge is -2.16. The third kappa shape index (κ3) is 4.03. The van der Waals surface area contributed by atoms with Crippen LogP contribution in [0.2, 0.25) is 6.04 Å². The minimum absolute atomic E-state index is 0.768. The molecule has 0 aromatic heterocycles. The molecule has 1 unspecified atom stereocenters. The first-order valence-electron chi connectivity index (χ1n) is 4.09. The molecule has 0 spiro atoms. The second-order valence-corrected chi connectivity index (χ2v) is 5.61. The van der Waals surface area contributed by atoms with Crippen LogP contribution in [0.4, 0.5) is 0 Å². The zero-order valence-corrected chi connectivity index (χ0v) is 8.72. The fraction of sp³-hybridized carbons (Fsp3) is 1.00. The maximum absolute atomic E-state index is 3.34. The molecule has 0 rings (SSSR count). The van der Waals surface area contributed by atoms with E-state index in [-0.39, 0.29) is 0 Å². The Kier molecular flexibility index (Phi) is 5.97. The third-order valence-electron chi connectivity index (χ3n) is 2.03. The van der Waals surface area contributed by atoms with Crippen molar-refractivity contribution < 1.29 is 0 Å². The molecule has 3 heteroatoms. The Morgan fingerprint density at radius 1 is 1.30 bits per heavy atom. The first-order chi connectivity index (χ1) is 4.74. The molecule has 0 heterocycles. The van der Waals surface area contributed by atoms with E-state index in [9.17, 15) is 0 Å². The Morgan fingerprint density at radius 2 is 1.80 bits per heavy atom. The van der Waals surface area contributed by atoms with Crippen molar-refractivity contribution in [2.24, 2.45) is 5.92 Å². The van der Waals surface area contributed by atoms with Crippen molar-refractivity contribution in [2.75, 3.05) is 14.1 Å². The SMILES string of the molecule is CCC(C)C[SiH](NC)NC. The maximum atomic E-state index is 3.34. The highest BCUT2D eigenvalue weighted by Gasteiger charge is 2.08. The summed E-state index contributed by atoms with van der Waals surface area (Å²) in [6.07, 6.45) is 1.30. The third-order valence-corrected chi connectivity index (χ3v) is 4.70. The zero-order chi connectivity index (χ0) is 7.98. The first-order valence-corrected chi connectivity index (χ1v) is 6.06. The van der Waals surface area contributed by atoms with Gasteiger partial charge in [0, 0.05) is 0 Å². The van der Waals surface area contributed by atoms with Crippen molar-refractivity contribution in [3.8, 4) is 0 Å². The van der Waals surface area contributed by atoms with Crippen LogP contribution in [-0.4, -0.2) is 23.2 Å². The summed E-state index contributed by atoms with van der Waals surface area (Å²) in [4.78, 5) is 6.69. The largest absolute Gasteiger partial charge is 0.331 e. The Morgan fingerprint density at radius 3 is 2.10 bits per heavy atom. The van der Waals surface area contributed by atoms with Crippen LogP contribution in [0.1, 0.15) is 20.3 Å². The summed E-state index contributed by atoms with van der Waals surface area (Å²) in [5, 5.41) is 0. The van der Waals surface area contributed by atoms with Crippen molar-refractivity contribution >= 4 is 9.12 Å². The van der Waals surface area contributed by atoms with E-state index in [1.807, 2.05) is 0 Å². The molecule has 0 aliphatic carbocycles. The smallest absolute Gasteiger partial charge is 0.184 e. The molecule has 0 aliphatic heterocycles. The van der Waals surface area contributed by atoms with Gasteiger partial charge in [-0.3, -0.25) is 0 Å². The molecule has 62 valence electrons. The van der Waals surface area contributed by atoms with Crippen LogP contribution in [-0.2, 0) is 0 Å². The van der Waals surface area contributed by atoms with Crippen LogP contribution < -0.4 is 9.96 Å². The molecule has 1 atom stereocenters. The molecule has 2 N–H and O–H groups in total. The molecule has 0 amide bonds. The lowest BCUT2D eigenvalue weighted by atomic mass is 10.2. The molecule has 0 saturated carbocycles. The van der Waals surface area contributed by atoms with E-state index >= 15 is 0 Å². The monoisotopic (exact) mass is 160 g/mol. The summed E-state index contributed by atoms with van der Waals surface area (Å²) >= 11 is 0. The Balaban J connectivity index is 3.41. The maximum Gasteiger partial charge on any atom is 0.184 e. The van der Waals surface area contributed by atoms with Gasteiger partial charge in [0.15, 0.2) is 9.12 Å². The van der Waals surface area contributed by atoms with Gasteiger partial charge in [0.1, 0.15) is 0 Å². The molecule has 0 bridgehead atoms. The molecule has 2 nitrogen and oxygen atoms in total. The van der Waals surface area contributed by atoms with Crippen molar-refractivity contribution in [1.29, 1.82) is 0 Å². The van der Waals surface area contributed by atoms with Crippen LogP contribution in [0.3, 0.4) is 0 Å². The van der Waals surface area contributed by atoms with Gasteiger partial charge in [-0.1, -0.05) is 20.3 Å². The highest BCUT2D eigenvalue weighted by Crippen LogP contribution is 2.07. The molecular formula is C7H20N2Si. The fourth-order valence-electron chi connectivity index (χ4n) is 0.949. The number of hydrogen-bond acceptors (Lipinski definition) is 2. The van der Waals surface area contributed by atoms with Gasteiger partial charge in [0.2, 0.25) is 0 Å². The van der Waals surface area contributed by atoms with Crippen LogP contribution in [0.5, 0.6) is 0 Å². The van der Waals surface area contributed by atoms with E-state index in [4.69, 9.17) is 0 Å². The molecule has 0 aromatic rings. The molecule has 10 heavy (non-hydrogen) atoms. The minimum Gasteiger partial charge on any atom is -0.331 e. The Labute approximate surface area is 66.2 Å². The lowest BCUT2D eigenvalue weighted by molar-refractivity contribution is 0.611. The quantitative estimate of drug-likeness (QED) is 0.578. The van der Waals surface area contributed by atoms with E-state index in [1.54, 1.807) is 0 Å².